The van der Waals surface area contributed by atoms with Gasteiger partial charge in [-0.3, -0.25) is 4.79 Å². The third-order valence-corrected chi connectivity index (χ3v) is 4.63. The summed E-state index contributed by atoms with van der Waals surface area (Å²) < 4.78 is 4.95. The second-order valence-electron chi connectivity index (χ2n) is 5.60. The summed E-state index contributed by atoms with van der Waals surface area (Å²) in [6.45, 7) is 0. The number of ether oxygens (including phenoxy) is 1. The van der Waals surface area contributed by atoms with Crippen molar-refractivity contribution in [2.45, 2.75) is 56.3 Å². The number of rotatable bonds is 3. The Bertz CT molecular complexity index is 442. The van der Waals surface area contributed by atoms with E-state index in [-0.39, 0.29) is 5.97 Å². The molecule has 0 atom stereocenters. The van der Waals surface area contributed by atoms with Crippen LogP contribution in [0, 0.1) is 0 Å². The fourth-order valence-electron chi connectivity index (χ4n) is 3.29. The van der Waals surface area contributed by atoms with Gasteiger partial charge < -0.3 is 9.72 Å². The van der Waals surface area contributed by atoms with Gasteiger partial charge in [-0.2, -0.15) is 0 Å². The Balaban J connectivity index is 1.85. The third-order valence-electron chi connectivity index (χ3n) is 4.63. The van der Waals surface area contributed by atoms with Crippen LogP contribution in [-0.2, 0) is 14.9 Å². The van der Waals surface area contributed by atoms with E-state index in [1.54, 1.807) is 0 Å². The number of carbonyl (C=O) groups is 1. The Morgan fingerprint density at radius 1 is 1.39 bits per heavy atom. The number of H-pyrrole nitrogens is 1. The molecule has 0 saturated heterocycles. The lowest BCUT2D eigenvalue weighted by Crippen LogP contribution is -2.44. The van der Waals surface area contributed by atoms with E-state index < -0.39 is 5.41 Å². The summed E-state index contributed by atoms with van der Waals surface area (Å²) in [7, 11) is 1.46. The van der Waals surface area contributed by atoms with Gasteiger partial charge in [-0.05, 0) is 25.7 Å². The summed E-state index contributed by atoms with van der Waals surface area (Å²) in [6.07, 6.45) is 9.82. The maximum atomic E-state index is 12.0. The highest BCUT2D eigenvalue weighted by Gasteiger charge is 2.49. The second kappa shape index (κ2) is 4.41. The molecule has 3 rings (SSSR count). The van der Waals surface area contributed by atoms with Crippen LogP contribution in [-0.4, -0.2) is 23.0 Å². The van der Waals surface area contributed by atoms with Gasteiger partial charge in [0.05, 0.1) is 7.11 Å². The molecule has 2 saturated carbocycles. The molecule has 0 amide bonds. The molecule has 4 nitrogen and oxygen atoms in total. The maximum absolute atomic E-state index is 12.0. The van der Waals surface area contributed by atoms with Crippen LogP contribution in [0.25, 0.3) is 0 Å². The van der Waals surface area contributed by atoms with E-state index in [0.29, 0.717) is 5.92 Å². The largest absolute Gasteiger partial charge is 0.468 e. The molecule has 2 fully saturated rings. The lowest BCUT2D eigenvalue weighted by molar-refractivity contribution is -0.151. The normalized spacial score (nSPS) is 22.7. The van der Waals surface area contributed by atoms with Gasteiger partial charge in [-0.1, -0.05) is 19.3 Å². The zero-order chi connectivity index (χ0) is 12.6. The van der Waals surface area contributed by atoms with Crippen LogP contribution in [0.4, 0.5) is 0 Å². The van der Waals surface area contributed by atoms with E-state index in [4.69, 9.17) is 4.74 Å². The van der Waals surface area contributed by atoms with E-state index in [2.05, 4.69) is 9.97 Å². The van der Waals surface area contributed by atoms with Crippen LogP contribution < -0.4 is 0 Å². The molecule has 0 aliphatic heterocycles. The molecule has 1 aromatic heterocycles. The number of carbonyl (C=O) groups excluding carboxylic acids is 1. The highest BCUT2D eigenvalue weighted by molar-refractivity contribution is 5.83. The van der Waals surface area contributed by atoms with Crippen LogP contribution >= 0.6 is 0 Å². The van der Waals surface area contributed by atoms with Crippen molar-refractivity contribution in [2.75, 3.05) is 7.11 Å². The Kier molecular flexibility index (Phi) is 2.88. The summed E-state index contributed by atoms with van der Waals surface area (Å²) in [5, 5.41) is 0. The Morgan fingerprint density at radius 2 is 2.11 bits per heavy atom. The topological polar surface area (TPSA) is 55.0 Å². The first-order valence-corrected chi connectivity index (χ1v) is 6.90. The molecule has 1 heterocycles. The molecule has 18 heavy (non-hydrogen) atoms. The fourth-order valence-corrected chi connectivity index (χ4v) is 3.29. The summed E-state index contributed by atoms with van der Waals surface area (Å²) in [6, 6.07) is 0. The summed E-state index contributed by atoms with van der Waals surface area (Å²) in [5.41, 5.74) is 0.726. The Hall–Kier alpha value is -1.32. The summed E-state index contributed by atoms with van der Waals surface area (Å²) >= 11 is 0. The van der Waals surface area contributed by atoms with Crippen molar-refractivity contribution >= 4 is 5.97 Å². The zero-order valence-electron chi connectivity index (χ0n) is 10.9. The van der Waals surface area contributed by atoms with Crippen LogP contribution in [0.5, 0.6) is 0 Å². The Morgan fingerprint density at radius 3 is 2.67 bits per heavy atom. The van der Waals surface area contributed by atoms with E-state index in [1.165, 1.54) is 38.5 Å². The number of hydrogen-bond acceptors (Lipinski definition) is 3. The van der Waals surface area contributed by atoms with Crippen molar-refractivity contribution in [3.63, 3.8) is 0 Å². The average molecular weight is 248 g/mol. The van der Waals surface area contributed by atoms with Gasteiger partial charge in [0.25, 0.3) is 0 Å². The van der Waals surface area contributed by atoms with Crippen molar-refractivity contribution in [3.05, 3.63) is 17.7 Å². The fraction of sp³-hybridized carbons (Fsp3) is 0.714. The van der Waals surface area contributed by atoms with E-state index in [0.717, 1.165) is 25.1 Å². The quantitative estimate of drug-likeness (QED) is 0.837. The number of nitrogens with zero attached hydrogens (tertiary/aromatic N) is 1. The molecule has 1 aromatic rings. The zero-order valence-corrected chi connectivity index (χ0v) is 10.9. The molecule has 0 unspecified atom stereocenters. The van der Waals surface area contributed by atoms with E-state index >= 15 is 0 Å². The molecular weight excluding hydrogens is 228 g/mol. The number of hydrogen-bond donors (Lipinski definition) is 1. The van der Waals surface area contributed by atoms with E-state index in [9.17, 15) is 4.79 Å². The molecule has 0 radical (unpaired) electrons. The van der Waals surface area contributed by atoms with Gasteiger partial charge in [0.2, 0.25) is 0 Å². The first kappa shape index (κ1) is 11.8. The van der Waals surface area contributed by atoms with Gasteiger partial charge in [0.1, 0.15) is 11.2 Å². The predicted octanol–water partition coefficient (Wildman–Crippen LogP) is 2.66. The molecular formula is C14H20N2O2. The monoisotopic (exact) mass is 248 g/mol. The third kappa shape index (κ3) is 1.66. The number of imidazole rings is 1. The smallest absolute Gasteiger partial charge is 0.319 e. The van der Waals surface area contributed by atoms with Crippen molar-refractivity contribution < 1.29 is 9.53 Å². The number of nitrogens with one attached hydrogen (secondary N) is 1. The van der Waals surface area contributed by atoms with Crippen LogP contribution in [0.3, 0.4) is 0 Å². The van der Waals surface area contributed by atoms with Gasteiger partial charge in [0.15, 0.2) is 0 Å². The molecule has 0 bridgehead atoms. The standard InChI is InChI=1S/C14H20N2O2/c1-18-13(17)14(7-4-8-14)12-15-9-11(16-12)10-5-2-3-6-10/h9-10H,2-8H2,1H3,(H,15,16). The molecule has 0 aromatic carbocycles. The minimum atomic E-state index is -0.481. The molecule has 0 spiro atoms. The van der Waals surface area contributed by atoms with Gasteiger partial charge >= 0.3 is 5.97 Å². The SMILES string of the molecule is COC(=O)C1(c2ncc(C3CCCC3)[nH]2)CCC1. The Labute approximate surface area is 107 Å². The first-order valence-electron chi connectivity index (χ1n) is 6.90. The maximum Gasteiger partial charge on any atom is 0.319 e. The number of methoxy groups -OCH3 is 1. The summed E-state index contributed by atoms with van der Waals surface area (Å²) in [4.78, 5) is 19.8. The van der Waals surface area contributed by atoms with Crippen LogP contribution in [0.2, 0.25) is 0 Å². The first-order chi connectivity index (χ1) is 8.76. The minimum Gasteiger partial charge on any atom is -0.468 e. The van der Waals surface area contributed by atoms with Crippen molar-refractivity contribution in [1.29, 1.82) is 0 Å². The average Bonchev–Trinajstić information content (AvgIpc) is 2.97. The van der Waals surface area contributed by atoms with Crippen molar-refractivity contribution in [1.82, 2.24) is 9.97 Å². The number of esters is 1. The predicted molar refractivity (Wildman–Crippen MR) is 67.3 cm³/mol. The lowest BCUT2D eigenvalue weighted by atomic mass is 9.68. The highest BCUT2D eigenvalue weighted by atomic mass is 16.5. The molecule has 2 aliphatic rings. The molecule has 4 heteroatoms. The number of aromatic amines is 1. The van der Waals surface area contributed by atoms with Crippen LogP contribution in [0.15, 0.2) is 6.20 Å². The summed E-state index contributed by atoms with van der Waals surface area (Å²) in [5.74, 6) is 1.30. The van der Waals surface area contributed by atoms with Crippen LogP contribution in [0.1, 0.15) is 62.4 Å². The molecule has 98 valence electrons. The number of aromatic nitrogens is 2. The van der Waals surface area contributed by atoms with Crippen molar-refractivity contribution in [3.8, 4) is 0 Å². The second-order valence-corrected chi connectivity index (χ2v) is 5.60. The molecule has 1 N–H and O–H groups in total. The lowest BCUT2D eigenvalue weighted by Gasteiger charge is -2.36. The minimum absolute atomic E-state index is 0.138. The molecule has 2 aliphatic carbocycles. The van der Waals surface area contributed by atoms with E-state index in [1.807, 2.05) is 6.20 Å². The van der Waals surface area contributed by atoms with Gasteiger partial charge in [-0.15, -0.1) is 0 Å². The van der Waals surface area contributed by atoms with Crippen molar-refractivity contribution in [2.24, 2.45) is 0 Å². The van der Waals surface area contributed by atoms with Gasteiger partial charge in [-0.25, -0.2) is 4.98 Å². The highest BCUT2D eigenvalue weighted by Crippen LogP contribution is 2.44. The van der Waals surface area contributed by atoms with Gasteiger partial charge in [0, 0.05) is 17.8 Å².